The Morgan fingerprint density at radius 2 is 1.86 bits per heavy atom. The molecule has 0 bridgehead atoms. The van der Waals surface area contributed by atoms with Gasteiger partial charge in [-0.1, -0.05) is 48.5 Å². The van der Waals surface area contributed by atoms with Crippen molar-refractivity contribution in [3.05, 3.63) is 88.5 Å². The van der Waals surface area contributed by atoms with Crippen LogP contribution in [0.5, 0.6) is 5.75 Å². The molecule has 2 aliphatic rings. The Kier molecular flexibility index (Phi) is 9.03. The number of likely N-dealkylation sites (tertiary alicyclic amines) is 1. The average molecular weight is 585 g/mol. The maximum atomic E-state index is 14.2. The summed E-state index contributed by atoms with van der Waals surface area (Å²) in [5.74, 6) is 0.763. The Bertz CT molecular complexity index is 1540. The molecule has 0 amide bonds. The number of nitrogens with zero attached hydrogens (tertiary/aromatic N) is 2. The Hall–Kier alpha value is -3.07. The monoisotopic (exact) mass is 584 g/mol. The first-order chi connectivity index (χ1) is 20.5. The normalized spacial score (nSPS) is 18.1. The minimum atomic E-state index is 0.0180. The number of rotatable bonds is 10. The number of hydrogen-bond donors (Lipinski definition) is 1. The lowest BCUT2D eigenvalue weighted by atomic mass is 9.95. The molecule has 6 rings (SSSR count). The molecule has 6 nitrogen and oxygen atoms in total. The van der Waals surface area contributed by atoms with Gasteiger partial charge in [0.25, 0.3) is 0 Å². The first-order valence-electron chi connectivity index (χ1n) is 15.0. The molecule has 42 heavy (non-hydrogen) atoms. The zero-order valence-electron chi connectivity index (χ0n) is 24.6. The van der Waals surface area contributed by atoms with Gasteiger partial charge in [-0.05, 0) is 61.6 Å². The first kappa shape index (κ1) is 29.0. The SMILES string of the molecule is COc1cc(C(=O)c2c(-c3ccc(CCN4CCCC4CO)cc3)sc3cc(C)ccc23)ccc1CN1CCOCC1. The van der Waals surface area contributed by atoms with Gasteiger partial charge in [-0.25, -0.2) is 0 Å². The van der Waals surface area contributed by atoms with Gasteiger partial charge in [-0.2, -0.15) is 0 Å². The van der Waals surface area contributed by atoms with Crippen LogP contribution in [-0.2, 0) is 17.7 Å². The van der Waals surface area contributed by atoms with E-state index in [0.29, 0.717) is 11.6 Å². The highest BCUT2D eigenvalue weighted by Crippen LogP contribution is 2.41. The third-order valence-corrected chi connectivity index (χ3v) is 9.93. The van der Waals surface area contributed by atoms with Crippen LogP contribution in [0.3, 0.4) is 0 Å². The Labute approximate surface area is 252 Å². The number of fused-ring (bicyclic) bond motifs is 1. The standard InChI is InChI=1S/C35H40N2O4S/c1-24-5-12-30-32(20-24)42-35(26-8-6-25(7-9-26)13-15-37-14-3-4-29(37)23-38)33(30)34(39)27-10-11-28(31(21-27)40-2)22-36-16-18-41-19-17-36/h5-12,20-21,29,38H,3-4,13-19,22-23H2,1-2H3. The van der Waals surface area contributed by atoms with E-state index in [1.54, 1.807) is 18.4 Å². The summed E-state index contributed by atoms with van der Waals surface area (Å²) < 4.78 is 12.4. The van der Waals surface area contributed by atoms with E-state index in [1.165, 1.54) is 11.1 Å². The third-order valence-electron chi connectivity index (χ3n) is 8.73. The van der Waals surface area contributed by atoms with Crippen molar-refractivity contribution in [3.63, 3.8) is 0 Å². The van der Waals surface area contributed by atoms with Gasteiger partial charge in [-0.15, -0.1) is 11.3 Å². The molecule has 3 aromatic carbocycles. The summed E-state index contributed by atoms with van der Waals surface area (Å²) in [7, 11) is 1.68. The number of aryl methyl sites for hydroxylation is 1. The largest absolute Gasteiger partial charge is 0.496 e. The fourth-order valence-electron chi connectivity index (χ4n) is 6.29. The highest BCUT2D eigenvalue weighted by molar-refractivity contribution is 7.22. The number of carbonyl (C=O) groups excluding carboxylic acids is 1. The second-order valence-corrected chi connectivity index (χ2v) is 12.6. The molecule has 220 valence electrons. The summed E-state index contributed by atoms with van der Waals surface area (Å²) in [5.41, 5.74) is 5.99. The number of ether oxygens (including phenoxy) is 2. The van der Waals surface area contributed by atoms with Crippen molar-refractivity contribution in [1.82, 2.24) is 9.80 Å². The van der Waals surface area contributed by atoms with Crippen LogP contribution in [0.1, 0.15) is 45.5 Å². The summed E-state index contributed by atoms with van der Waals surface area (Å²) >= 11 is 1.69. The summed E-state index contributed by atoms with van der Waals surface area (Å²) in [5, 5.41) is 10.7. The number of benzene rings is 3. The highest BCUT2D eigenvalue weighted by Gasteiger charge is 2.25. The summed E-state index contributed by atoms with van der Waals surface area (Å²) in [6, 6.07) is 21.2. The molecular weight excluding hydrogens is 544 g/mol. The van der Waals surface area contributed by atoms with Gasteiger partial charge in [0.05, 0.1) is 26.9 Å². The topological polar surface area (TPSA) is 62.2 Å². The second kappa shape index (κ2) is 13.1. The average Bonchev–Trinajstić information content (AvgIpc) is 3.64. The van der Waals surface area contributed by atoms with Crippen molar-refractivity contribution in [2.24, 2.45) is 0 Å². The number of aliphatic hydroxyl groups is 1. The van der Waals surface area contributed by atoms with Crippen LogP contribution in [0, 0.1) is 6.92 Å². The van der Waals surface area contributed by atoms with E-state index in [1.807, 2.05) is 18.2 Å². The smallest absolute Gasteiger partial charge is 0.195 e. The summed E-state index contributed by atoms with van der Waals surface area (Å²) in [6.07, 6.45) is 3.19. The van der Waals surface area contributed by atoms with Crippen LogP contribution in [0.25, 0.3) is 20.5 Å². The molecule has 1 N–H and O–H groups in total. The molecule has 1 aromatic heterocycles. The molecule has 0 spiro atoms. The van der Waals surface area contributed by atoms with Crippen LogP contribution in [-0.4, -0.2) is 79.8 Å². The lowest BCUT2D eigenvalue weighted by Crippen LogP contribution is -2.35. The molecule has 7 heteroatoms. The number of hydrogen-bond acceptors (Lipinski definition) is 7. The van der Waals surface area contributed by atoms with E-state index >= 15 is 0 Å². The van der Waals surface area contributed by atoms with Gasteiger partial charge in [0.1, 0.15) is 5.75 Å². The number of thiophene rings is 1. The van der Waals surface area contributed by atoms with Crippen molar-refractivity contribution in [3.8, 4) is 16.2 Å². The van der Waals surface area contributed by atoms with Crippen molar-refractivity contribution < 1.29 is 19.4 Å². The number of morpholine rings is 1. The fourth-order valence-corrected chi connectivity index (χ4v) is 7.59. The molecule has 1 atom stereocenters. The minimum Gasteiger partial charge on any atom is -0.496 e. The number of carbonyl (C=O) groups is 1. The molecule has 4 aromatic rings. The van der Waals surface area contributed by atoms with Crippen LogP contribution >= 0.6 is 11.3 Å². The van der Waals surface area contributed by atoms with Gasteiger partial charge >= 0.3 is 0 Å². The van der Waals surface area contributed by atoms with Gasteiger partial charge in [-0.3, -0.25) is 14.6 Å². The molecule has 0 radical (unpaired) electrons. The lowest BCUT2D eigenvalue weighted by Gasteiger charge is -2.27. The lowest BCUT2D eigenvalue weighted by molar-refractivity contribution is 0.0339. The third kappa shape index (κ3) is 6.17. The van der Waals surface area contributed by atoms with E-state index in [4.69, 9.17) is 9.47 Å². The first-order valence-corrected chi connectivity index (χ1v) is 15.8. The van der Waals surface area contributed by atoms with Crippen molar-refractivity contribution in [1.29, 1.82) is 0 Å². The van der Waals surface area contributed by atoms with Gasteiger partial charge in [0, 0.05) is 63.9 Å². The van der Waals surface area contributed by atoms with Crippen LogP contribution in [0.15, 0.2) is 60.7 Å². The van der Waals surface area contributed by atoms with E-state index in [9.17, 15) is 9.90 Å². The number of ketones is 1. The highest BCUT2D eigenvalue weighted by atomic mass is 32.1. The van der Waals surface area contributed by atoms with Crippen LogP contribution in [0.2, 0.25) is 0 Å². The van der Waals surface area contributed by atoms with Crippen molar-refractivity contribution >= 4 is 27.2 Å². The predicted octanol–water partition coefficient (Wildman–Crippen LogP) is 5.95. The van der Waals surface area contributed by atoms with Gasteiger partial charge in [0.2, 0.25) is 0 Å². The Balaban J connectivity index is 1.29. The van der Waals surface area contributed by atoms with Crippen LogP contribution in [0.4, 0.5) is 0 Å². The second-order valence-electron chi connectivity index (χ2n) is 11.5. The zero-order valence-corrected chi connectivity index (χ0v) is 25.4. The predicted molar refractivity (Wildman–Crippen MR) is 170 cm³/mol. The van der Waals surface area contributed by atoms with E-state index < -0.39 is 0 Å². The van der Waals surface area contributed by atoms with Gasteiger partial charge < -0.3 is 14.6 Å². The van der Waals surface area contributed by atoms with Crippen molar-refractivity contribution in [2.75, 3.05) is 53.1 Å². The number of aliphatic hydroxyl groups excluding tert-OH is 1. The van der Waals surface area contributed by atoms with Crippen molar-refractivity contribution in [2.45, 2.75) is 38.8 Å². The quantitative estimate of drug-likeness (QED) is 0.233. The molecule has 2 fully saturated rings. The summed E-state index contributed by atoms with van der Waals surface area (Å²) in [6.45, 7) is 8.42. The van der Waals surface area contributed by atoms with E-state index in [-0.39, 0.29) is 12.4 Å². The van der Waals surface area contributed by atoms with Gasteiger partial charge in [0.15, 0.2) is 5.78 Å². The Morgan fingerprint density at radius 3 is 2.62 bits per heavy atom. The molecular formula is C35H40N2O4S. The maximum Gasteiger partial charge on any atom is 0.195 e. The fraction of sp³-hybridized carbons (Fsp3) is 0.400. The van der Waals surface area contributed by atoms with E-state index in [0.717, 1.165) is 103 Å². The molecule has 0 saturated carbocycles. The Morgan fingerprint density at radius 1 is 1.05 bits per heavy atom. The molecule has 1 unspecified atom stereocenters. The minimum absolute atomic E-state index is 0.0180. The molecule has 2 aliphatic heterocycles. The zero-order chi connectivity index (χ0) is 29.1. The molecule has 3 heterocycles. The number of methoxy groups -OCH3 is 1. The summed E-state index contributed by atoms with van der Waals surface area (Å²) in [4.78, 5) is 20.0. The molecule has 0 aliphatic carbocycles. The molecule has 2 saturated heterocycles. The maximum absolute atomic E-state index is 14.2. The van der Waals surface area contributed by atoms with E-state index in [2.05, 4.69) is 59.2 Å². The van der Waals surface area contributed by atoms with Crippen LogP contribution < -0.4 is 4.74 Å².